The highest BCUT2D eigenvalue weighted by atomic mass is 16.5. The number of ether oxygens (including phenoxy) is 2. The molecule has 3 aromatic carbocycles. The van der Waals surface area contributed by atoms with Crippen molar-refractivity contribution in [2.45, 2.75) is 51.6 Å². The Morgan fingerprint density at radius 3 is 1.50 bits per heavy atom. The molecule has 0 amide bonds. The summed E-state index contributed by atoms with van der Waals surface area (Å²) < 4.78 is 11.3. The van der Waals surface area contributed by atoms with Crippen LogP contribution in [0.25, 0.3) is 0 Å². The van der Waals surface area contributed by atoms with E-state index < -0.39 is 6.10 Å². The maximum absolute atomic E-state index is 9.50. The van der Waals surface area contributed by atoms with E-state index in [9.17, 15) is 10.2 Å². The second-order valence-electron chi connectivity index (χ2n) is 10.6. The van der Waals surface area contributed by atoms with Crippen LogP contribution in [0.2, 0.25) is 0 Å². The van der Waals surface area contributed by atoms with Crippen LogP contribution in [0.1, 0.15) is 56.9 Å². The van der Waals surface area contributed by atoms with E-state index >= 15 is 0 Å². The Morgan fingerprint density at radius 1 is 0.639 bits per heavy atom. The van der Waals surface area contributed by atoms with Gasteiger partial charge >= 0.3 is 0 Å². The second kappa shape index (κ2) is 11.9. The van der Waals surface area contributed by atoms with E-state index in [1.807, 2.05) is 31.2 Å². The zero-order chi connectivity index (χ0) is 26.3. The molecule has 36 heavy (non-hydrogen) atoms. The molecule has 0 spiro atoms. The Bertz CT molecular complexity index is 1000. The smallest absolute Gasteiger partial charge is 0.119 e. The summed E-state index contributed by atoms with van der Waals surface area (Å²) >= 11 is 0. The minimum absolute atomic E-state index is 0.0608. The van der Waals surface area contributed by atoms with Crippen molar-refractivity contribution in [2.24, 2.45) is 5.92 Å². The van der Waals surface area contributed by atoms with E-state index in [1.54, 1.807) is 0 Å². The summed E-state index contributed by atoms with van der Waals surface area (Å²) in [6.07, 6.45) is -0.883. The van der Waals surface area contributed by atoms with Crippen LogP contribution >= 0.6 is 0 Å². The highest BCUT2D eigenvalue weighted by Gasteiger charge is 2.28. The van der Waals surface area contributed by atoms with Crippen LogP contribution in [0.5, 0.6) is 11.5 Å². The van der Waals surface area contributed by atoms with Crippen LogP contribution in [0, 0.1) is 5.92 Å². The first kappa shape index (κ1) is 27.7. The molecule has 0 fully saturated rings. The van der Waals surface area contributed by atoms with Gasteiger partial charge in [0, 0.05) is 23.4 Å². The highest BCUT2D eigenvalue weighted by Crippen LogP contribution is 2.37. The van der Waals surface area contributed by atoms with Crippen molar-refractivity contribution in [1.29, 1.82) is 0 Å². The topological polar surface area (TPSA) is 79.2 Å². The van der Waals surface area contributed by atoms with Gasteiger partial charge in [-0.25, -0.2) is 0 Å². The van der Waals surface area contributed by atoms with Crippen LogP contribution in [0.4, 0.5) is 0 Å². The number of hydrogen-bond donors (Lipinski definition) is 3. The summed E-state index contributed by atoms with van der Waals surface area (Å²) in [6.45, 7) is 11.2. The van der Waals surface area contributed by atoms with Crippen molar-refractivity contribution in [2.75, 3.05) is 26.4 Å². The van der Waals surface area contributed by atoms with E-state index in [2.05, 4.69) is 76.2 Å². The Morgan fingerprint density at radius 2 is 1.08 bits per heavy atom. The normalized spacial score (nSPS) is 13.8. The molecule has 3 rings (SSSR count). The first-order valence-corrected chi connectivity index (χ1v) is 12.6. The summed E-state index contributed by atoms with van der Waals surface area (Å²) in [5.74, 6) is 1.58. The van der Waals surface area contributed by atoms with Crippen LogP contribution in [0.15, 0.2) is 72.8 Å². The fraction of sp³-hybridized carbons (Fsp3) is 0.419. The second-order valence-corrected chi connectivity index (χ2v) is 10.6. The quantitative estimate of drug-likeness (QED) is 0.329. The minimum atomic E-state index is -0.883. The summed E-state index contributed by atoms with van der Waals surface area (Å²) in [7, 11) is 0. The van der Waals surface area contributed by atoms with E-state index in [1.165, 1.54) is 16.7 Å². The molecular weight excluding hydrogens is 452 g/mol. The molecule has 0 radical (unpaired) electrons. The van der Waals surface area contributed by atoms with Gasteiger partial charge in [0.1, 0.15) is 24.2 Å². The maximum Gasteiger partial charge on any atom is 0.119 e. The lowest BCUT2D eigenvalue weighted by atomic mass is 9.73. The van der Waals surface area contributed by atoms with Gasteiger partial charge in [0.2, 0.25) is 0 Å². The lowest BCUT2D eigenvalue weighted by Gasteiger charge is -2.31. The average molecular weight is 493 g/mol. The zero-order valence-electron chi connectivity index (χ0n) is 22.1. The van der Waals surface area contributed by atoms with Gasteiger partial charge in [-0.3, -0.25) is 0 Å². The molecule has 0 saturated carbocycles. The van der Waals surface area contributed by atoms with E-state index in [0.29, 0.717) is 12.4 Å². The Hall–Kier alpha value is -2.86. The van der Waals surface area contributed by atoms with E-state index in [-0.39, 0.29) is 36.6 Å². The minimum Gasteiger partial charge on any atom is -0.493 e. The maximum atomic E-state index is 9.50. The summed E-state index contributed by atoms with van der Waals surface area (Å²) in [5.41, 5.74) is 4.38. The molecule has 5 heteroatoms. The molecule has 0 aliphatic heterocycles. The van der Waals surface area contributed by atoms with Crippen molar-refractivity contribution in [3.8, 4) is 11.5 Å². The fourth-order valence-electron chi connectivity index (χ4n) is 4.10. The fourth-order valence-corrected chi connectivity index (χ4v) is 4.10. The third-order valence-electron chi connectivity index (χ3n) is 6.96. The van der Waals surface area contributed by atoms with Crippen LogP contribution < -0.4 is 9.47 Å². The summed E-state index contributed by atoms with van der Waals surface area (Å²) in [4.78, 5) is 0. The largest absolute Gasteiger partial charge is 0.493 e. The molecule has 0 aliphatic carbocycles. The van der Waals surface area contributed by atoms with Crippen molar-refractivity contribution in [1.82, 2.24) is 0 Å². The predicted octanol–water partition coefficient (Wildman–Crippen LogP) is 5.08. The molecule has 0 bridgehead atoms. The standard InChI is InChI=1S/C31H40O5/c1-22(18-32)20-35-28-13-9-23(10-14-28)30(2,3)25-7-6-8-26(17-25)31(4,5)24-11-15-29(16-12-24)36-21-27(34)19-33/h6-17,22,27,32-34H,18-21H2,1-5H3. The molecule has 2 atom stereocenters. The Labute approximate surface area is 215 Å². The molecule has 3 N–H and O–H groups in total. The molecule has 3 aromatic rings. The number of hydrogen-bond acceptors (Lipinski definition) is 5. The van der Waals surface area contributed by atoms with Crippen molar-refractivity contribution >= 4 is 0 Å². The highest BCUT2D eigenvalue weighted by molar-refractivity contribution is 5.46. The van der Waals surface area contributed by atoms with Gasteiger partial charge in [0.05, 0.1) is 13.2 Å². The monoisotopic (exact) mass is 492 g/mol. The van der Waals surface area contributed by atoms with Crippen LogP contribution in [-0.4, -0.2) is 47.9 Å². The van der Waals surface area contributed by atoms with Gasteiger partial charge in [-0.15, -0.1) is 0 Å². The van der Waals surface area contributed by atoms with Crippen molar-refractivity contribution in [3.63, 3.8) is 0 Å². The van der Waals surface area contributed by atoms with Crippen LogP contribution in [-0.2, 0) is 10.8 Å². The predicted molar refractivity (Wildman–Crippen MR) is 144 cm³/mol. The van der Waals surface area contributed by atoms with Crippen molar-refractivity contribution < 1.29 is 24.8 Å². The molecular formula is C31H40O5. The number of rotatable bonds is 12. The van der Waals surface area contributed by atoms with E-state index in [0.717, 1.165) is 11.3 Å². The molecule has 0 aliphatic rings. The lowest BCUT2D eigenvalue weighted by Crippen LogP contribution is -2.23. The van der Waals surface area contributed by atoms with Gasteiger partial charge in [-0.2, -0.15) is 0 Å². The third kappa shape index (κ3) is 6.67. The van der Waals surface area contributed by atoms with Gasteiger partial charge in [0.15, 0.2) is 0 Å². The van der Waals surface area contributed by atoms with Gasteiger partial charge < -0.3 is 24.8 Å². The van der Waals surface area contributed by atoms with E-state index in [4.69, 9.17) is 14.6 Å². The number of benzene rings is 3. The average Bonchev–Trinajstić information content (AvgIpc) is 2.90. The first-order valence-electron chi connectivity index (χ1n) is 12.6. The Balaban J connectivity index is 1.78. The molecule has 0 saturated heterocycles. The molecule has 5 nitrogen and oxygen atoms in total. The van der Waals surface area contributed by atoms with Crippen LogP contribution in [0.3, 0.4) is 0 Å². The van der Waals surface area contributed by atoms with Gasteiger partial charge in [-0.05, 0) is 46.5 Å². The van der Waals surface area contributed by atoms with Gasteiger partial charge in [0.25, 0.3) is 0 Å². The number of aliphatic hydroxyl groups excluding tert-OH is 3. The van der Waals surface area contributed by atoms with Crippen molar-refractivity contribution in [3.05, 3.63) is 95.1 Å². The Kier molecular flexibility index (Phi) is 9.18. The zero-order valence-corrected chi connectivity index (χ0v) is 22.1. The number of aliphatic hydroxyl groups is 3. The summed E-state index contributed by atoms with van der Waals surface area (Å²) in [6, 6.07) is 24.9. The lowest BCUT2D eigenvalue weighted by molar-refractivity contribution is 0.0536. The SMILES string of the molecule is CC(CO)COc1ccc(C(C)(C)c2cccc(C(C)(C)c3ccc(OCC(O)CO)cc3)c2)cc1. The molecule has 2 unspecified atom stereocenters. The summed E-state index contributed by atoms with van der Waals surface area (Å²) in [5, 5.41) is 27.7. The molecule has 194 valence electrons. The molecule has 0 aromatic heterocycles. The van der Waals surface area contributed by atoms with Gasteiger partial charge in [-0.1, -0.05) is 83.1 Å². The molecule has 0 heterocycles. The first-order chi connectivity index (χ1) is 17.1. The third-order valence-corrected chi connectivity index (χ3v) is 6.96.